The Kier molecular flexibility index (Phi) is 4.47. The molecule has 3 aromatic heterocycles. The van der Waals surface area contributed by atoms with Gasteiger partial charge in [0.25, 0.3) is 0 Å². The summed E-state index contributed by atoms with van der Waals surface area (Å²) in [5.74, 6) is 2.09. The largest absolute Gasteiger partial charge is 0.264 e. The molecule has 152 valence electrons. The van der Waals surface area contributed by atoms with E-state index in [1.54, 1.807) is 17.5 Å². The summed E-state index contributed by atoms with van der Waals surface area (Å²) >= 11 is 1.78. The predicted molar refractivity (Wildman–Crippen MR) is 132 cm³/mol. The molecule has 0 aliphatic rings. The smallest absolute Gasteiger partial charge is 0.165 e. The van der Waals surface area contributed by atoms with Crippen molar-refractivity contribution in [2.75, 3.05) is 0 Å². The van der Waals surface area contributed by atoms with Crippen molar-refractivity contribution in [1.82, 2.24) is 19.9 Å². The Morgan fingerprint density at radius 2 is 1.44 bits per heavy atom. The van der Waals surface area contributed by atoms with Gasteiger partial charge >= 0.3 is 0 Å². The van der Waals surface area contributed by atoms with Crippen LogP contribution in [0.25, 0.3) is 54.1 Å². The Hall–Kier alpha value is -3.96. The van der Waals surface area contributed by atoms with Crippen molar-refractivity contribution in [2.24, 2.45) is 0 Å². The average molecular weight is 431 g/mol. The van der Waals surface area contributed by atoms with Crippen LogP contribution >= 0.6 is 11.3 Å². The minimum atomic E-state index is 0.677. The van der Waals surface area contributed by atoms with Gasteiger partial charge in [-0.1, -0.05) is 54.6 Å². The van der Waals surface area contributed by atoms with Crippen LogP contribution in [0.3, 0.4) is 0 Å². The second-order valence-corrected chi connectivity index (χ2v) is 8.69. The van der Waals surface area contributed by atoms with Crippen LogP contribution < -0.4 is 0 Å². The molecule has 32 heavy (non-hydrogen) atoms. The number of thiophene rings is 1. The molecule has 0 amide bonds. The fourth-order valence-electron chi connectivity index (χ4n) is 4.03. The molecule has 0 fully saturated rings. The molecule has 3 aromatic carbocycles. The van der Waals surface area contributed by atoms with Crippen LogP contribution in [-0.2, 0) is 0 Å². The molecule has 6 aromatic rings. The molecule has 4 nitrogen and oxygen atoms in total. The van der Waals surface area contributed by atoms with Gasteiger partial charge in [-0.2, -0.15) is 0 Å². The van der Waals surface area contributed by atoms with Crippen LogP contribution in [0.5, 0.6) is 0 Å². The van der Waals surface area contributed by atoms with Crippen LogP contribution in [0.15, 0.2) is 91.3 Å². The Morgan fingerprint density at radius 1 is 0.656 bits per heavy atom. The van der Waals surface area contributed by atoms with E-state index in [2.05, 4.69) is 70.6 Å². The van der Waals surface area contributed by atoms with E-state index < -0.39 is 0 Å². The van der Waals surface area contributed by atoms with E-state index in [1.807, 2.05) is 31.3 Å². The van der Waals surface area contributed by atoms with Crippen molar-refractivity contribution < 1.29 is 0 Å². The van der Waals surface area contributed by atoms with Crippen molar-refractivity contribution in [3.05, 3.63) is 97.1 Å². The number of aromatic nitrogens is 4. The van der Waals surface area contributed by atoms with Gasteiger partial charge < -0.3 is 0 Å². The Labute approximate surface area is 189 Å². The number of nitrogens with zero attached hydrogens (tertiary/aromatic N) is 4. The van der Waals surface area contributed by atoms with E-state index in [4.69, 9.17) is 9.97 Å². The maximum absolute atomic E-state index is 4.90. The fraction of sp³-hybridized carbons (Fsp3) is 0.0370. The van der Waals surface area contributed by atoms with Crippen LogP contribution in [0.4, 0.5) is 0 Å². The highest BCUT2D eigenvalue weighted by Crippen LogP contribution is 2.39. The van der Waals surface area contributed by atoms with Gasteiger partial charge in [-0.05, 0) is 36.8 Å². The molecular weight excluding hydrogens is 412 g/mol. The lowest BCUT2D eigenvalue weighted by atomic mass is 10.0. The van der Waals surface area contributed by atoms with Gasteiger partial charge in [0.05, 0.1) is 0 Å². The number of fused-ring (bicyclic) bond motifs is 3. The summed E-state index contributed by atoms with van der Waals surface area (Å²) in [4.78, 5) is 18.5. The minimum absolute atomic E-state index is 0.677. The molecule has 0 N–H and O–H groups in total. The molecule has 0 aliphatic heterocycles. The molecule has 5 heteroatoms. The van der Waals surface area contributed by atoms with Crippen molar-refractivity contribution in [1.29, 1.82) is 0 Å². The van der Waals surface area contributed by atoms with Gasteiger partial charge in [-0.3, -0.25) is 4.98 Å². The third kappa shape index (κ3) is 3.24. The summed E-state index contributed by atoms with van der Waals surface area (Å²) in [6.45, 7) is 1.92. The summed E-state index contributed by atoms with van der Waals surface area (Å²) in [5, 5.41) is 2.51. The topological polar surface area (TPSA) is 51.6 Å². The third-order valence-corrected chi connectivity index (χ3v) is 6.73. The normalized spacial score (nSPS) is 11.3. The van der Waals surface area contributed by atoms with Gasteiger partial charge in [-0.25, -0.2) is 15.0 Å². The summed E-state index contributed by atoms with van der Waals surface area (Å²) in [6.07, 6.45) is 3.65. The molecule has 3 heterocycles. The highest BCUT2D eigenvalue weighted by Gasteiger charge is 2.14. The van der Waals surface area contributed by atoms with E-state index in [0.29, 0.717) is 17.5 Å². The van der Waals surface area contributed by atoms with Crippen LogP contribution in [0.2, 0.25) is 0 Å². The summed E-state index contributed by atoms with van der Waals surface area (Å²) < 4.78 is 2.47. The summed E-state index contributed by atoms with van der Waals surface area (Å²) in [7, 11) is 0. The number of benzene rings is 3. The second-order valence-electron chi connectivity index (χ2n) is 7.63. The van der Waals surface area contributed by atoms with Gasteiger partial charge in [0.15, 0.2) is 11.6 Å². The van der Waals surface area contributed by atoms with E-state index >= 15 is 0 Å². The van der Waals surface area contributed by atoms with Gasteiger partial charge in [0.2, 0.25) is 0 Å². The van der Waals surface area contributed by atoms with E-state index in [1.165, 1.54) is 20.2 Å². The number of aryl methyl sites for hydroxylation is 1. The summed E-state index contributed by atoms with van der Waals surface area (Å²) in [5.41, 5.74) is 4.15. The molecule has 0 saturated heterocycles. The molecule has 0 spiro atoms. The molecular formula is C27H18N4S. The van der Waals surface area contributed by atoms with Gasteiger partial charge in [0, 0.05) is 49.3 Å². The Bertz CT molecular complexity index is 1590. The van der Waals surface area contributed by atoms with E-state index in [-0.39, 0.29) is 0 Å². The van der Waals surface area contributed by atoms with Crippen molar-refractivity contribution in [3.63, 3.8) is 0 Å². The Morgan fingerprint density at radius 3 is 2.34 bits per heavy atom. The zero-order valence-corrected chi connectivity index (χ0v) is 18.2. The molecule has 6 rings (SSSR count). The standard InChI is InChI=1S/C27H18N4S/c1-17-29-26(19-8-4-7-18(15-19)20-9-6-14-28-16-20)31-27(30-17)23-12-5-11-22-21-10-2-3-13-24(21)32-25(22)23/h2-16H,1H3. The molecule has 0 unspecified atom stereocenters. The average Bonchev–Trinajstić information content (AvgIpc) is 3.23. The number of pyridine rings is 1. The maximum Gasteiger partial charge on any atom is 0.165 e. The van der Waals surface area contributed by atoms with Crippen LogP contribution in [-0.4, -0.2) is 19.9 Å². The molecule has 0 bridgehead atoms. The van der Waals surface area contributed by atoms with Crippen molar-refractivity contribution in [3.8, 4) is 33.9 Å². The fourth-order valence-corrected chi connectivity index (χ4v) is 5.24. The Balaban J connectivity index is 1.51. The lowest BCUT2D eigenvalue weighted by molar-refractivity contribution is 0.993. The first kappa shape index (κ1) is 18.8. The quantitative estimate of drug-likeness (QED) is 0.305. The highest BCUT2D eigenvalue weighted by atomic mass is 32.1. The lowest BCUT2D eigenvalue weighted by Crippen LogP contribution is -1.99. The number of hydrogen-bond donors (Lipinski definition) is 0. The van der Waals surface area contributed by atoms with Crippen LogP contribution in [0.1, 0.15) is 5.82 Å². The zero-order chi connectivity index (χ0) is 21.5. The maximum atomic E-state index is 4.90. The predicted octanol–water partition coefficient (Wildman–Crippen LogP) is 6.94. The van der Waals surface area contributed by atoms with E-state index in [0.717, 1.165) is 22.3 Å². The molecule has 0 saturated carbocycles. The molecule has 0 atom stereocenters. The monoisotopic (exact) mass is 430 g/mol. The number of rotatable bonds is 3. The SMILES string of the molecule is Cc1nc(-c2cccc(-c3cccnc3)c2)nc(-c2cccc3c2sc2ccccc23)n1. The molecule has 0 radical (unpaired) electrons. The first-order valence-corrected chi connectivity index (χ1v) is 11.2. The summed E-state index contributed by atoms with van der Waals surface area (Å²) in [6, 6.07) is 27.1. The first-order chi connectivity index (χ1) is 15.8. The first-order valence-electron chi connectivity index (χ1n) is 10.4. The third-order valence-electron chi connectivity index (χ3n) is 5.51. The van der Waals surface area contributed by atoms with E-state index in [9.17, 15) is 0 Å². The van der Waals surface area contributed by atoms with Gasteiger partial charge in [-0.15, -0.1) is 11.3 Å². The second kappa shape index (κ2) is 7.62. The minimum Gasteiger partial charge on any atom is -0.264 e. The lowest BCUT2D eigenvalue weighted by Gasteiger charge is -2.08. The highest BCUT2D eigenvalue weighted by molar-refractivity contribution is 7.26. The van der Waals surface area contributed by atoms with Crippen molar-refractivity contribution >= 4 is 31.5 Å². The van der Waals surface area contributed by atoms with Crippen molar-refractivity contribution in [2.45, 2.75) is 6.92 Å². The van der Waals surface area contributed by atoms with Gasteiger partial charge in [0.1, 0.15) is 5.82 Å². The molecule has 0 aliphatic carbocycles. The zero-order valence-electron chi connectivity index (χ0n) is 17.4. The number of hydrogen-bond acceptors (Lipinski definition) is 5. The van der Waals surface area contributed by atoms with Crippen LogP contribution in [0, 0.1) is 6.92 Å².